The molecule has 0 N–H and O–H groups in total. The van der Waals surface area contributed by atoms with Gasteiger partial charge in [-0.05, 0) is 30.7 Å². The molecule has 0 aliphatic rings. The molecule has 0 bridgehead atoms. The molecule has 1 aromatic heterocycles. The maximum absolute atomic E-state index is 14.2. The Kier molecular flexibility index (Phi) is 6.29. The lowest BCUT2D eigenvalue weighted by Gasteiger charge is -2.05. The van der Waals surface area contributed by atoms with Gasteiger partial charge in [0.05, 0.1) is 11.6 Å². The van der Waals surface area contributed by atoms with Crippen molar-refractivity contribution in [3.63, 3.8) is 0 Å². The maximum Gasteiger partial charge on any atom is 0.254 e. The fourth-order valence-corrected chi connectivity index (χ4v) is 3.37. The van der Waals surface area contributed by atoms with Crippen LogP contribution in [0.1, 0.15) is 24.7 Å². The molecule has 1 heterocycles. The third kappa shape index (κ3) is 3.46. The predicted molar refractivity (Wildman–Crippen MR) is 92.7 cm³/mol. The Balaban J connectivity index is 0.00000208. The zero-order valence-electron chi connectivity index (χ0n) is 13.5. The van der Waals surface area contributed by atoms with Crippen molar-refractivity contribution in [3.05, 3.63) is 63.6 Å². The molecular weight excluding hydrogens is 414 g/mol. The van der Waals surface area contributed by atoms with Gasteiger partial charge in [0.25, 0.3) is 5.82 Å². The molecule has 2 nitrogen and oxygen atoms in total. The highest BCUT2D eigenvalue weighted by Crippen LogP contribution is 2.25. The number of benzene rings is 2. The molecule has 0 radical (unpaired) electrons. The van der Waals surface area contributed by atoms with Crippen molar-refractivity contribution in [2.45, 2.75) is 33.4 Å². The van der Waals surface area contributed by atoms with Gasteiger partial charge in [-0.2, -0.15) is 0 Å². The first-order chi connectivity index (χ1) is 11.0. The van der Waals surface area contributed by atoms with Gasteiger partial charge in [0.1, 0.15) is 12.4 Å². The van der Waals surface area contributed by atoms with Gasteiger partial charge in [-0.1, -0.05) is 36.2 Å². The Labute approximate surface area is 161 Å². The van der Waals surface area contributed by atoms with E-state index in [1.165, 1.54) is 6.07 Å². The first-order valence-corrected chi connectivity index (χ1v) is 8.39. The lowest BCUT2D eigenvalue weighted by molar-refractivity contribution is -0.678. The third-order valence-electron chi connectivity index (χ3n) is 4.13. The molecule has 3 aromatic rings. The fourth-order valence-electron chi connectivity index (χ4n) is 2.98. The van der Waals surface area contributed by atoms with Gasteiger partial charge in [0.15, 0.2) is 11.0 Å². The smallest absolute Gasteiger partial charge is 0.254 e. The van der Waals surface area contributed by atoms with Gasteiger partial charge in [0, 0.05) is 23.6 Å². The molecule has 2 aromatic carbocycles. The molecule has 0 amide bonds. The molecule has 0 saturated heterocycles. The van der Waals surface area contributed by atoms with Crippen LogP contribution in [0.15, 0.2) is 36.4 Å². The highest BCUT2D eigenvalue weighted by molar-refractivity contribution is 6.31. The number of halogens is 4. The van der Waals surface area contributed by atoms with Gasteiger partial charge < -0.3 is 17.0 Å². The Hall–Kier alpha value is -1.10. The maximum atomic E-state index is 14.2. The van der Waals surface area contributed by atoms with Crippen LogP contribution in [0.2, 0.25) is 10.0 Å². The standard InChI is InChI=1S/C18H18Cl2FN2.BrH/c1-3-9-22-12(2)23(18-10-13(19)7-8-17(18)22)11-14-15(20)5-4-6-16(14)21;/h4-8,10H,3,9,11H2,1-2H3;1H/q+1;/p-1. The number of nitrogens with zero attached hydrogens (tertiary/aromatic N) is 2. The van der Waals surface area contributed by atoms with E-state index < -0.39 is 0 Å². The van der Waals surface area contributed by atoms with E-state index in [4.69, 9.17) is 23.2 Å². The van der Waals surface area contributed by atoms with Crippen molar-refractivity contribution in [3.8, 4) is 0 Å². The molecule has 0 aliphatic carbocycles. The molecule has 128 valence electrons. The summed E-state index contributed by atoms with van der Waals surface area (Å²) in [7, 11) is 0. The lowest BCUT2D eigenvalue weighted by Crippen LogP contribution is -3.00. The van der Waals surface area contributed by atoms with E-state index in [1.54, 1.807) is 12.1 Å². The minimum atomic E-state index is -0.289. The number of fused-ring (bicyclic) bond motifs is 1. The van der Waals surface area contributed by atoms with Crippen molar-refractivity contribution in [2.24, 2.45) is 0 Å². The Morgan fingerprint density at radius 1 is 1.17 bits per heavy atom. The van der Waals surface area contributed by atoms with Crippen LogP contribution in [0.5, 0.6) is 0 Å². The van der Waals surface area contributed by atoms with E-state index in [0.717, 1.165) is 29.8 Å². The van der Waals surface area contributed by atoms with Gasteiger partial charge in [-0.25, -0.2) is 13.5 Å². The number of hydrogen-bond donors (Lipinski definition) is 0. The van der Waals surface area contributed by atoms with E-state index in [2.05, 4.69) is 16.1 Å². The summed E-state index contributed by atoms with van der Waals surface area (Å²) in [5.74, 6) is 0.770. The van der Waals surface area contributed by atoms with Crippen LogP contribution >= 0.6 is 23.2 Å². The zero-order valence-corrected chi connectivity index (χ0v) is 16.6. The Bertz CT molecular complexity index is 857. The average molecular weight is 432 g/mol. The highest BCUT2D eigenvalue weighted by Gasteiger charge is 2.23. The molecule has 3 rings (SSSR count). The van der Waals surface area contributed by atoms with Crippen LogP contribution in [0, 0.1) is 12.7 Å². The van der Waals surface area contributed by atoms with Crippen molar-refractivity contribution < 1.29 is 25.9 Å². The normalized spacial score (nSPS) is 10.9. The largest absolute Gasteiger partial charge is 1.00 e. The first-order valence-electron chi connectivity index (χ1n) is 7.64. The molecule has 24 heavy (non-hydrogen) atoms. The van der Waals surface area contributed by atoms with E-state index >= 15 is 0 Å². The Morgan fingerprint density at radius 3 is 2.58 bits per heavy atom. The summed E-state index contributed by atoms with van der Waals surface area (Å²) in [5, 5.41) is 1.11. The molecule has 6 heteroatoms. The SMILES string of the molecule is CCC[n+]1c(C)n(Cc2c(F)cccc2Cl)c2cc(Cl)ccc21.[Br-]. The number of aromatic nitrogens is 2. The van der Waals surface area contributed by atoms with Crippen molar-refractivity contribution in [1.82, 2.24) is 4.57 Å². The molecule has 0 spiro atoms. The summed E-state index contributed by atoms with van der Waals surface area (Å²) in [6.45, 7) is 5.46. The van der Waals surface area contributed by atoms with Crippen LogP contribution in [0.4, 0.5) is 4.39 Å². The van der Waals surface area contributed by atoms with Crippen LogP contribution in [-0.2, 0) is 13.1 Å². The van der Waals surface area contributed by atoms with Crippen molar-refractivity contribution in [2.75, 3.05) is 0 Å². The van der Waals surface area contributed by atoms with E-state index in [-0.39, 0.29) is 22.8 Å². The third-order valence-corrected chi connectivity index (χ3v) is 4.71. The van der Waals surface area contributed by atoms with Gasteiger partial charge in [-0.3, -0.25) is 0 Å². The Morgan fingerprint density at radius 2 is 1.92 bits per heavy atom. The molecule has 0 fully saturated rings. The van der Waals surface area contributed by atoms with Gasteiger partial charge in [0.2, 0.25) is 0 Å². The summed E-state index contributed by atoms with van der Waals surface area (Å²) in [4.78, 5) is 0. The van der Waals surface area contributed by atoms with Crippen LogP contribution in [-0.4, -0.2) is 4.57 Å². The molecule has 0 saturated carbocycles. The monoisotopic (exact) mass is 430 g/mol. The summed E-state index contributed by atoms with van der Waals surface area (Å²) in [6, 6.07) is 10.6. The topological polar surface area (TPSA) is 8.81 Å². The molecule has 0 aliphatic heterocycles. The van der Waals surface area contributed by atoms with E-state index in [9.17, 15) is 4.39 Å². The van der Waals surface area contributed by atoms with E-state index in [1.807, 2.05) is 25.1 Å². The van der Waals surface area contributed by atoms with Gasteiger partial charge >= 0.3 is 0 Å². The molecule has 0 unspecified atom stereocenters. The lowest BCUT2D eigenvalue weighted by atomic mass is 10.2. The van der Waals surface area contributed by atoms with E-state index in [0.29, 0.717) is 22.2 Å². The summed E-state index contributed by atoms with van der Waals surface area (Å²) >= 11 is 12.4. The minimum absolute atomic E-state index is 0. The van der Waals surface area contributed by atoms with Crippen LogP contribution in [0.3, 0.4) is 0 Å². The number of imidazole rings is 1. The van der Waals surface area contributed by atoms with Crippen LogP contribution in [0.25, 0.3) is 11.0 Å². The molecule has 0 atom stereocenters. The number of hydrogen-bond acceptors (Lipinski definition) is 0. The summed E-state index contributed by atoms with van der Waals surface area (Å²) in [6.07, 6.45) is 1.02. The van der Waals surface area contributed by atoms with Crippen LogP contribution < -0.4 is 21.5 Å². The second-order valence-electron chi connectivity index (χ2n) is 5.62. The summed E-state index contributed by atoms with van der Waals surface area (Å²) in [5.41, 5.74) is 2.58. The second-order valence-corrected chi connectivity index (χ2v) is 6.46. The number of aryl methyl sites for hydroxylation is 1. The fraction of sp³-hybridized carbons (Fsp3) is 0.278. The number of rotatable bonds is 4. The highest BCUT2D eigenvalue weighted by atomic mass is 79.9. The van der Waals surface area contributed by atoms with Gasteiger partial charge in [-0.15, -0.1) is 0 Å². The minimum Gasteiger partial charge on any atom is -1.00 e. The van der Waals surface area contributed by atoms with Crippen molar-refractivity contribution >= 4 is 34.2 Å². The zero-order chi connectivity index (χ0) is 16.6. The summed E-state index contributed by atoms with van der Waals surface area (Å²) < 4.78 is 18.5. The first kappa shape index (κ1) is 19.2. The molecular formula is C18H18BrCl2FN2. The van der Waals surface area contributed by atoms with Crippen molar-refractivity contribution in [1.29, 1.82) is 0 Å². The quantitative estimate of drug-likeness (QED) is 0.559. The average Bonchev–Trinajstić information content (AvgIpc) is 2.76. The second kappa shape index (κ2) is 7.85. The predicted octanol–water partition coefficient (Wildman–Crippen LogP) is 2.15.